The number of hydrogen-bond donors (Lipinski definition) is 4. The lowest BCUT2D eigenvalue weighted by Crippen LogP contribution is -2.38. The maximum absolute atomic E-state index is 12.0. The number of nitrogens with one attached hydrogen (secondary N) is 2. The highest BCUT2D eigenvalue weighted by Gasteiger charge is 2.25. The summed E-state index contributed by atoms with van der Waals surface area (Å²) < 4.78 is 0. The van der Waals surface area contributed by atoms with Crippen molar-refractivity contribution < 1.29 is 15.0 Å². The highest BCUT2D eigenvalue weighted by molar-refractivity contribution is 6.31. The smallest absolute Gasteiger partial charge is 0.255 e. The quantitative estimate of drug-likeness (QED) is 0.609. The van der Waals surface area contributed by atoms with Gasteiger partial charge in [-0.1, -0.05) is 17.7 Å². The van der Waals surface area contributed by atoms with E-state index in [1.165, 1.54) is 12.1 Å². The van der Waals surface area contributed by atoms with Crippen LogP contribution in [0.1, 0.15) is 22.1 Å². The van der Waals surface area contributed by atoms with Gasteiger partial charge >= 0.3 is 0 Å². The van der Waals surface area contributed by atoms with Gasteiger partial charge in [0, 0.05) is 5.02 Å². The lowest BCUT2D eigenvalue weighted by molar-refractivity contribution is 0.0935. The van der Waals surface area contributed by atoms with Crippen molar-refractivity contribution in [2.24, 2.45) is 0 Å². The molecule has 102 valence electrons. The zero-order chi connectivity index (χ0) is 14.3. The number of carbonyl (C=O) groups is 1. The summed E-state index contributed by atoms with van der Waals surface area (Å²) in [5.41, 5.74) is 1.76. The van der Waals surface area contributed by atoms with Gasteiger partial charge in [0.2, 0.25) is 0 Å². The molecule has 0 aliphatic carbocycles. The molecule has 5 nitrogen and oxygen atoms in total. The molecule has 2 aromatic carbocycles. The molecule has 0 bridgehead atoms. The Balaban J connectivity index is 1.98. The summed E-state index contributed by atoms with van der Waals surface area (Å²) in [6.45, 7) is 0. The van der Waals surface area contributed by atoms with Gasteiger partial charge in [-0.05, 0) is 35.9 Å². The summed E-state index contributed by atoms with van der Waals surface area (Å²) in [6, 6.07) is 9.33. The summed E-state index contributed by atoms with van der Waals surface area (Å²) in [6.07, 6.45) is -0.500. The Morgan fingerprint density at radius 2 is 1.80 bits per heavy atom. The molecule has 1 atom stereocenters. The molecule has 6 heteroatoms. The van der Waals surface area contributed by atoms with E-state index in [1.54, 1.807) is 24.3 Å². The normalized spacial score (nSPS) is 17.1. The molecule has 1 amide bonds. The fraction of sp³-hybridized carbons (Fsp3) is 0.0714. The zero-order valence-electron chi connectivity index (χ0n) is 10.2. The van der Waals surface area contributed by atoms with Crippen molar-refractivity contribution in [1.29, 1.82) is 0 Å². The van der Waals surface area contributed by atoms with Gasteiger partial charge in [-0.25, -0.2) is 0 Å². The van der Waals surface area contributed by atoms with Gasteiger partial charge in [-0.3, -0.25) is 4.79 Å². The summed E-state index contributed by atoms with van der Waals surface area (Å²) in [7, 11) is 0. The highest BCUT2D eigenvalue weighted by atomic mass is 35.5. The zero-order valence-corrected chi connectivity index (χ0v) is 11.0. The van der Waals surface area contributed by atoms with Gasteiger partial charge in [-0.15, -0.1) is 0 Å². The lowest BCUT2D eigenvalue weighted by Gasteiger charge is -2.28. The second kappa shape index (κ2) is 4.61. The third-order valence-electron chi connectivity index (χ3n) is 3.13. The van der Waals surface area contributed by atoms with Crippen LogP contribution < -0.4 is 10.6 Å². The minimum absolute atomic E-state index is 0.209. The average molecular weight is 291 g/mol. The van der Waals surface area contributed by atoms with Crippen molar-refractivity contribution in [3.63, 3.8) is 0 Å². The molecule has 0 spiro atoms. The SMILES string of the molecule is O=C1N[C@@H](c2ccc(O)c(O)c2)Nc2cc(Cl)ccc21. The van der Waals surface area contributed by atoms with E-state index in [0.717, 1.165) is 0 Å². The lowest BCUT2D eigenvalue weighted by atomic mass is 10.1. The molecule has 2 aromatic rings. The second-order valence-electron chi connectivity index (χ2n) is 4.49. The van der Waals surface area contributed by atoms with Crippen molar-refractivity contribution >= 4 is 23.2 Å². The van der Waals surface area contributed by atoms with Crippen LogP contribution >= 0.6 is 11.6 Å². The number of anilines is 1. The fourth-order valence-corrected chi connectivity index (χ4v) is 2.29. The number of aromatic hydroxyl groups is 2. The molecule has 0 saturated heterocycles. The van der Waals surface area contributed by atoms with E-state index in [-0.39, 0.29) is 17.4 Å². The van der Waals surface area contributed by atoms with Crippen LogP contribution in [0.25, 0.3) is 0 Å². The molecule has 4 N–H and O–H groups in total. The van der Waals surface area contributed by atoms with Crippen molar-refractivity contribution in [1.82, 2.24) is 5.32 Å². The molecule has 1 aliphatic heterocycles. The number of rotatable bonds is 1. The molecular formula is C14H11ClN2O3. The third-order valence-corrected chi connectivity index (χ3v) is 3.37. The molecule has 0 aromatic heterocycles. The first-order valence-electron chi connectivity index (χ1n) is 5.93. The Kier molecular flexibility index (Phi) is 2.91. The number of carbonyl (C=O) groups excluding carboxylic acids is 1. The topological polar surface area (TPSA) is 81.6 Å². The predicted octanol–water partition coefficient (Wildman–Crippen LogP) is 2.61. The highest BCUT2D eigenvalue weighted by Crippen LogP contribution is 2.32. The van der Waals surface area contributed by atoms with Gasteiger partial charge in [-0.2, -0.15) is 0 Å². The van der Waals surface area contributed by atoms with Gasteiger partial charge in [0.05, 0.1) is 11.3 Å². The van der Waals surface area contributed by atoms with E-state index in [0.29, 0.717) is 21.8 Å². The van der Waals surface area contributed by atoms with Crippen molar-refractivity contribution in [3.05, 3.63) is 52.5 Å². The van der Waals surface area contributed by atoms with Crippen LogP contribution in [0.2, 0.25) is 5.02 Å². The Labute approximate surface area is 119 Å². The molecule has 0 saturated carbocycles. The standard InChI is InChI=1S/C14H11ClN2O3/c15-8-2-3-9-10(6-8)16-13(17-14(9)20)7-1-4-11(18)12(19)5-7/h1-6,13,16,18-19H,(H,17,20)/t13-/m0/s1. The van der Waals surface area contributed by atoms with E-state index >= 15 is 0 Å². The number of halogens is 1. The largest absolute Gasteiger partial charge is 0.504 e. The number of phenolic OH excluding ortho intramolecular Hbond substituents is 2. The number of benzene rings is 2. The van der Waals surface area contributed by atoms with Crippen LogP contribution in [0, 0.1) is 0 Å². The molecule has 0 radical (unpaired) electrons. The maximum Gasteiger partial charge on any atom is 0.255 e. The van der Waals surface area contributed by atoms with Crippen LogP contribution in [0.3, 0.4) is 0 Å². The van der Waals surface area contributed by atoms with Crippen LogP contribution in [0.5, 0.6) is 11.5 Å². The van der Waals surface area contributed by atoms with E-state index in [2.05, 4.69) is 10.6 Å². The molecule has 1 aliphatic rings. The van der Waals surface area contributed by atoms with Crippen LogP contribution in [0.15, 0.2) is 36.4 Å². The number of fused-ring (bicyclic) bond motifs is 1. The Bertz CT molecular complexity index is 703. The average Bonchev–Trinajstić information content (AvgIpc) is 2.41. The summed E-state index contributed by atoms with van der Waals surface area (Å²) in [4.78, 5) is 12.0. The summed E-state index contributed by atoms with van der Waals surface area (Å²) in [5, 5.41) is 25.3. The van der Waals surface area contributed by atoms with Crippen LogP contribution in [0.4, 0.5) is 5.69 Å². The van der Waals surface area contributed by atoms with E-state index < -0.39 is 6.17 Å². The Hall–Kier alpha value is -2.40. The Morgan fingerprint density at radius 1 is 1.00 bits per heavy atom. The molecule has 1 heterocycles. The number of amides is 1. The van der Waals surface area contributed by atoms with Gasteiger partial charge < -0.3 is 20.8 Å². The monoisotopic (exact) mass is 290 g/mol. The first-order valence-corrected chi connectivity index (χ1v) is 6.31. The van der Waals surface area contributed by atoms with E-state index in [4.69, 9.17) is 11.6 Å². The predicted molar refractivity (Wildman–Crippen MR) is 75.1 cm³/mol. The number of hydrogen-bond acceptors (Lipinski definition) is 4. The third kappa shape index (κ3) is 2.12. The summed E-state index contributed by atoms with van der Waals surface area (Å²) in [5.74, 6) is -0.678. The summed E-state index contributed by atoms with van der Waals surface area (Å²) >= 11 is 5.92. The second-order valence-corrected chi connectivity index (χ2v) is 4.93. The molecule has 3 rings (SSSR count). The number of phenols is 2. The van der Waals surface area contributed by atoms with Crippen molar-refractivity contribution in [2.75, 3.05) is 5.32 Å². The molecular weight excluding hydrogens is 280 g/mol. The van der Waals surface area contributed by atoms with E-state index in [1.807, 2.05) is 0 Å². The molecule has 20 heavy (non-hydrogen) atoms. The van der Waals surface area contributed by atoms with Gasteiger partial charge in [0.15, 0.2) is 11.5 Å². The van der Waals surface area contributed by atoms with Gasteiger partial charge in [0.1, 0.15) is 6.17 Å². The van der Waals surface area contributed by atoms with E-state index in [9.17, 15) is 15.0 Å². The van der Waals surface area contributed by atoms with Crippen molar-refractivity contribution in [3.8, 4) is 11.5 Å². The first-order chi connectivity index (χ1) is 9.54. The maximum atomic E-state index is 12.0. The van der Waals surface area contributed by atoms with Gasteiger partial charge in [0.25, 0.3) is 5.91 Å². The van der Waals surface area contributed by atoms with Crippen LogP contribution in [-0.4, -0.2) is 16.1 Å². The van der Waals surface area contributed by atoms with Crippen LogP contribution in [-0.2, 0) is 0 Å². The molecule has 0 unspecified atom stereocenters. The van der Waals surface area contributed by atoms with Crippen molar-refractivity contribution in [2.45, 2.75) is 6.17 Å². The fourth-order valence-electron chi connectivity index (χ4n) is 2.12. The first kappa shape index (κ1) is 12.6. The minimum atomic E-state index is -0.500. The Morgan fingerprint density at radius 3 is 2.55 bits per heavy atom. The minimum Gasteiger partial charge on any atom is -0.504 e. The molecule has 0 fully saturated rings.